The molecule has 0 saturated heterocycles. The molecule has 0 amide bonds. The van der Waals surface area contributed by atoms with Crippen LogP contribution in [0.5, 0.6) is 0 Å². The van der Waals surface area contributed by atoms with Crippen molar-refractivity contribution in [1.82, 2.24) is 20.6 Å². The molecule has 0 saturated carbocycles. The van der Waals surface area contributed by atoms with E-state index in [1.165, 1.54) is 0 Å². The lowest BCUT2D eigenvalue weighted by atomic mass is 9.85. The van der Waals surface area contributed by atoms with Gasteiger partial charge in [0.15, 0.2) is 6.04 Å². The van der Waals surface area contributed by atoms with Crippen LogP contribution < -0.4 is 0 Å². The molecule has 5 heteroatoms. The van der Waals surface area contributed by atoms with Gasteiger partial charge in [0.05, 0.1) is 11.4 Å². The van der Waals surface area contributed by atoms with Gasteiger partial charge < -0.3 is 0 Å². The summed E-state index contributed by atoms with van der Waals surface area (Å²) in [6, 6.07) is 25.9. The van der Waals surface area contributed by atoms with Gasteiger partial charge in [-0.2, -0.15) is 21.3 Å². The van der Waals surface area contributed by atoms with E-state index in [1.807, 2.05) is 60.8 Å². The lowest BCUT2D eigenvalue weighted by molar-refractivity contribution is 0.881. The molecule has 1 aliphatic carbocycles. The highest BCUT2D eigenvalue weighted by atomic mass is 15.5. The van der Waals surface area contributed by atoms with Gasteiger partial charge in [0.1, 0.15) is 11.8 Å². The molecule has 1 aromatic heterocycles. The molecule has 6 rings (SSSR count). The van der Waals surface area contributed by atoms with E-state index in [0.29, 0.717) is 5.82 Å². The van der Waals surface area contributed by atoms with E-state index in [9.17, 15) is 0 Å². The minimum Gasteiger partial charge on any atom is -0.174 e. The Labute approximate surface area is 185 Å². The maximum atomic E-state index is 4.67. The quantitative estimate of drug-likeness (QED) is 0.417. The molecule has 150 valence electrons. The van der Waals surface area contributed by atoms with Crippen LogP contribution in [0.4, 0.5) is 0 Å². The zero-order valence-electron chi connectivity index (χ0n) is 17.1. The fourth-order valence-electron chi connectivity index (χ4n) is 4.23. The fourth-order valence-corrected chi connectivity index (χ4v) is 4.23. The van der Waals surface area contributed by atoms with Gasteiger partial charge >= 0.3 is 0 Å². The van der Waals surface area contributed by atoms with Crippen molar-refractivity contribution in [2.24, 2.45) is 4.99 Å². The van der Waals surface area contributed by atoms with E-state index in [0.717, 1.165) is 50.6 Å². The number of fused-ring (bicyclic) bond motifs is 1. The third kappa shape index (κ3) is 3.08. The summed E-state index contributed by atoms with van der Waals surface area (Å²) in [4.78, 5) is 4.67. The van der Waals surface area contributed by atoms with Crippen LogP contribution in [-0.4, -0.2) is 26.8 Å². The van der Waals surface area contributed by atoms with Crippen molar-refractivity contribution in [2.45, 2.75) is 0 Å². The normalized spacial score (nSPS) is 14.3. The Balaban J connectivity index is 1.70. The van der Waals surface area contributed by atoms with Crippen molar-refractivity contribution >= 4 is 11.8 Å². The van der Waals surface area contributed by atoms with Gasteiger partial charge in [0.25, 0.3) is 0 Å². The predicted molar refractivity (Wildman–Crippen MR) is 126 cm³/mol. The molecular formula is C27H17N5. The second kappa shape index (κ2) is 7.63. The van der Waals surface area contributed by atoms with Gasteiger partial charge in [0.2, 0.25) is 0 Å². The number of benzene rings is 3. The standard InChI is InChI=1S/C27H17N5/c1-3-9-18(10-4-1)20-15-22(24-17-28-25-14-8-7-13-21(24)25)26(19-11-5-2-6-12-19)23(16-20)27-29-31-32-30-27/h1-17H. The Kier molecular flexibility index (Phi) is 4.36. The van der Waals surface area contributed by atoms with Crippen molar-refractivity contribution in [3.8, 4) is 33.6 Å². The highest BCUT2D eigenvalue weighted by molar-refractivity contribution is 6.19. The monoisotopic (exact) mass is 411 g/mol. The van der Waals surface area contributed by atoms with Gasteiger partial charge in [-0.1, -0.05) is 83.4 Å². The summed E-state index contributed by atoms with van der Waals surface area (Å²) in [5.41, 5.74) is 8.46. The maximum Gasteiger partial charge on any atom is 0.153 e. The van der Waals surface area contributed by atoms with Crippen molar-refractivity contribution in [3.63, 3.8) is 0 Å². The van der Waals surface area contributed by atoms with Crippen molar-refractivity contribution in [3.05, 3.63) is 114 Å². The van der Waals surface area contributed by atoms with Crippen LogP contribution in [-0.2, 0) is 0 Å². The predicted octanol–water partition coefficient (Wildman–Crippen LogP) is 5.48. The molecule has 0 bridgehead atoms. The maximum absolute atomic E-state index is 4.67. The minimum absolute atomic E-state index is 0.506. The summed E-state index contributed by atoms with van der Waals surface area (Å²) in [5.74, 6) is 0.506. The molecule has 32 heavy (non-hydrogen) atoms. The smallest absolute Gasteiger partial charge is 0.153 e. The van der Waals surface area contributed by atoms with E-state index in [2.05, 4.69) is 68.1 Å². The molecule has 3 aromatic carbocycles. The summed E-state index contributed by atoms with van der Waals surface area (Å²) in [7, 11) is 0. The highest BCUT2D eigenvalue weighted by Crippen LogP contribution is 2.43. The molecule has 5 nitrogen and oxygen atoms in total. The zero-order valence-corrected chi connectivity index (χ0v) is 17.1. The molecule has 0 spiro atoms. The number of hydrogen-bond donors (Lipinski definition) is 0. The van der Waals surface area contributed by atoms with Crippen molar-refractivity contribution < 1.29 is 0 Å². The third-order valence-electron chi connectivity index (χ3n) is 5.68. The Morgan fingerprint density at radius 3 is 2.19 bits per heavy atom. The molecule has 0 atom stereocenters. The van der Waals surface area contributed by atoms with E-state index in [1.54, 1.807) is 0 Å². The lowest BCUT2D eigenvalue weighted by Gasteiger charge is -2.23. The summed E-state index contributed by atoms with van der Waals surface area (Å²) < 4.78 is 0. The summed E-state index contributed by atoms with van der Waals surface area (Å²) in [5, 5.41) is 15.9. The van der Waals surface area contributed by atoms with Gasteiger partial charge in [-0.05, 0) is 21.6 Å². The third-order valence-corrected chi connectivity index (χ3v) is 5.68. The summed E-state index contributed by atoms with van der Waals surface area (Å²) in [6.45, 7) is 0. The first-order valence-corrected chi connectivity index (χ1v) is 10.4. The lowest BCUT2D eigenvalue weighted by Crippen LogP contribution is -1.99. The van der Waals surface area contributed by atoms with Crippen LogP contribution in [0.2, 0.25) is 0 Å². The molecule has 2 aliphatic rings. The van der Waals surface area contributed by atoms with Crippen molar-refractivity contribution in [1.29, 1.82) is 0 Å². The minimum atomic E-state index is 0.506. The Hall–Kier alpha value is -4.51. The van der Waals surface area contributed by atoms with Crippen molar-refractivity contribution in [2.75, 3.05) is 0 Å². The zero-order chi connectivity index (χ0) is 21.3. The highest BCUT2D eigenvalue weighted by Gasteiger charge is 2.29. The number of hydrogen-bond acceptors (Lipinski definition) is 5. The van der Waals surface area contributed by atoms with Gasteiger partial charge in [-0.15, -0.1) is 5.56 Å². The number of tetrazole rings is 1. The fraction of sp³-hybridized carbons (Fsp3) is 0. The first kappa shape index (κ1) is 18.3. The molecule has 0 fully saturated rings. The van der Waals surface area contributed by atoms with Crippen LogP contribution in [0.25, 0.3) is 39.2 Å². The molecule has 0 N–H and O–H groups in total. The Morgan fingerprint density at radius 1 is 0.719 bits per heavy atom. The average molecular weight is 411 g/mol. The van der Waals surface area contributed by atoms with Crippen LogP contribution >= 0.6 is 0 Å². The Bertz CT molecular complexity index is 1400. The molecule has 0 radical (unpaired) electrons. The number of nitrogens with zero attached hydrogens (tertiary/aromatic N) is 5. The number of aromatic nitrogens is 4. The largest absolute Gasteiger partial charge is 0.174 e. The second-order valence-corrected chi connectivity index (χ2v) is 7.57. The van der Waals surface area contributed by atoms with Crippen LogP contribution in [0.15, 0.2) is 108 Å². The molecule has 1 aliphatic heterocycles. The topological polar surface area (TPSA) is 63.9 Å². The second-order valence-electron chi connectivity index (χ2n) is 7.57. The number of rotatable bonds is 4. The summed E-state index contributed by atoms with van der Waals surface area (Å²) in [6.07, 6.45) is 10.2. The van der Waals surface area contributed by atoms with E-state index < -0.39 is 0 Å². The van der Waals surface area contributed by atoms with Crippen LogP contribution in [0.1, 0.15) is 5.56 Å². The van der Waals surface area contributed by atoms with E-state index in [-0.39, 0.29) is 0 Å². The first-order chi connectivity index (χ1) is 15.9. The average Bonchev–Trinajstić information content (AvgIpc) is 3.55. The van der Waals surface area contributed by atoms with E-state index in [4.69, 9.17) is 0 Å². The molecule has 4 aromatic rings. The number of allylic oxidation sites excluding steroid dienone is 3. The Morgan fingerprint density at radius 2 is 1.44 bits per heavy atom. The van der Waals surface area contributed by atoms with Gasteiger partial charge in [-0.3, -0.25) is 0 Å². The molecule has 2 heterocycles. The number of aliphatic imine (C=N–C) groups is 1. The van der Waals surface area contributed by atoms with Gasteiger partial charge in [-0.25, -0.2) is 0 Å². The molecular weight excluding hydrogens is 394 g/mol. The molecule has 0 unspecified atom stereocenters. The van der Waals surface area contributed by atoms with E-state index >= 15 is 0 Å². The van der Waals surface area contributed by atoms with Crippen LogP contribution in [0, 0.1) is 6.04 Å². The van der Waals surface area contributed by atoms with Gasteiger partial charge in [0, 0.05) is 24.3 Å². The first-order valence-electron chi connectivity index (χ1n) is 10.4. The summed E-state index contributed by atoms with van der Waals surface area (Å²) >= 11 is 0. The van der Waals surface area contributed by atoms with Crippen LogP contribution in [0.3, 0.4) is 0 Å². The SMILES string of the molecule is C1=CC2=C(c3cc(-c4ccccc4)cc(-[c-]4nnnn4)c3-c3ccccc3)C=N[C+]2C=C1.